The smallest absolute Gasteiger partial charge is 0.164 e. The van der Waals surface area contributed by atoms with Crippen molar-refractivity contribution in [3.05, 3.63) is 277 Å². The van der Waals surface area contributed by atoms with Crippen molar-refractivity contribution in [1.29, 1.82) is 0 Å². The molecule has 0 spiro atoms. The van der Waals surface area contributed by atoms with Crippen molar-refractivity contribution in [3.63, 3.8) is 0 Å². The van der Waals surface area contributed by atoms with Crippen LogP contribution in [0.4, 0.5) is 0 Å². The highest BCUT2D eigenvalue weighted by molar-refractivity contribution is 6.14. The lowest BCUT2D eigenvalue weighted by Gasteiger charge is -2.35. The molecule has 0 saturated heterocycles. The van der Waals surface area contributed by atoms with Crippen LogP contribution in [0.25, 0.3) is 95.0 Å². The summed E-state index contributed by atoms with van der Waals surface area (Å²) in [6.07, 6.45) is 0. The standard InChI is InChI=1S/C64H42N4/c1-5-22-43(23-6-1)61-65-62(44-24-7-2-8-25-44)67-63(66-61)46-27-19-26-45(42-46)49-35-20-38-55-52-34-15-18-41-58(52)68(60(49)55)57-40-17-14-33-51(57)54-37-21-36-53-50-32-13-16-39-56(50)64(59(53)54,47-28-9-3-10-29-47)48-30-11-4-12-31-48/h1-42H. The molecule has 318 valence electrons. The minimum Gasteiger partial charge on any atom is -0.308 e. The van der Waals surface area contributed by atoms with Gasteiger partial charge in [0, 0.05) is 38.6 Å². The Morgan fingerprint density at radius 2 is 0.750 bits per heavy atom. The molecular formula is C64H42N4. The Labute approximate surface area is 395 Å². The van der Waals surface area contributed by atoms with Crippen molar-refractivity contribution in [2.24, 2.45) is 0 Å². The molecule has 1 aliphatic rings. The van der Waals surface area contributed by atoms with E-state index in [1.807, 2.05) is 60.7 Å². The van der Waals surface area contributed by atoms with E-state index in [0.717, 1.165) is 50.1 Å². The maximum absolute atomic E-state index is 5.11. The number of para-hydroxylation sites is 3. The molecular weight excluding hydrogens is 825 g/mol. The summed E-state index contributed by atoms with van der Waals surface area (Å²) >= 11 is 0. The van der Waals surface area contributed by atoms with E-state index in [2.05, 4.69) is 199 Å². The summed E-state index contributed by atoms with van der Waals surface area (Å²) in [4.78, 5) is 15.2. The Morgan fingerprint density at radius 1 is 0.309 bits per heavy atom. The van der Waals surface area contributed by atoms with Gasteiger partial charge in [-0.3, -0.25) is 0 Å². The Hall–Kier alpha value is -8.99. The summed E-state index contributed by atoms with van der Waals surface area (Å²) < 4.78 is 2.50. The first kappa shape index (κ1) is 39.4. The predicted molar refractivity (Wildman–Crippen MR) is 279 cm³/mol. The van der Waals surface area contributed by atoms with Crippen LogP contribution in [0.15, 0.2) is 255 Å². The Balaban J connectivity index is 1.05. The second kappa shape index (κ2) is 16.2. The fraction of sp³-hybridized carbons (Fsp3) is 0.0156. The van der Waals surface area contributed by atoms with Crippen molar-refractivity contribution in [3.8, 4) is 73.2 Å². The zero-order chi connectivity index (χ0) is 45.0. The molecule has 2 aromatic heterocycles. The number of rotatable bonds is 8. The predicted octanol–water partition coefficient (Wildman–Crippen LogP) is 15.7. The first-order chi connectivity index (χ1) is 33.8. The van der Waals surface area contributed by atoms with Gasteiger partial charge in [-0.15, -0.1) is 0 Å². The van der Waals surface area contributed by atoms with Crippen LogP contribution in [0.5, 0.6) is 0 Å². The van der Waals surface area contributed by atoms with E-state index in [1.54, 1.807) is 0 Å². The zero-order valence-electron chi connectivity index (χ0n) is 37.0. The highest BCUT2D eigenvalue weighted by Gasteiger charge is 2.47. The third-order valence-electron chi connectivity index (χ3n) is 13.7. The van der Waals surface area contributed by atoms with Crippen molar-refractivity contribution in [2.45, 2.75) is 5.41 Å². The minimum atomic E-state index is -0.569. The van der Waals surface area contributed by atoms with Crippen LogP contribution < -0.4 is 0 Å². The first-order valence-corrected chi connectivity index (χ1v) is 23.2. The molecule has 13 rings (SSSR count). The molecule has 0 amide bonds. The Morgan fingerprint density at radius 3 is 1.43 bits per heavy atom. The fourth-order valence-electron chi connectivity index (χ4n) is 10.9. The van der Waals surface area contributed by atoms with Crippen LogP contribution in [0.1, 0.15) is 22.3 Å². The normalized spacial score (nSPS) is 12.5. The third-order valence-corrected chi connectivity index (χ3v) is 13.7. The van der Waals surface area contributed by atoms with Gasteiger partial charge in [0.15, 0.2) is 17.5 Å². The van der Waals surface area contributed by atoms with Crippen molar-refractivity contribution in [1.82, 2.24) is 19.5 Å². The number of fused-ring (bicyclic) bond motifs is 6. The lowest BCUT2D eigenvalue weighted by Crippen LogP contribution is -2.29. The molecule has 10 aromatic carbocycles. The van der Waals surface area contributed by atoms with E-state index in [4.69, 9.17) is 15.0 Å². The highest BCUT2D eigenvalue weighted by Crippen LogP contribution is 2.59. The van der Waals surface area contributed by atoms with Crippen LogP contribution >= 0.6 is 0 Å². The average Bonchev–Trinajstić information content (AvgIpc) is 3.93. The van der Waals surface area contributed by atoms with E-state index in [1.165, 1.54) is 49.7 Å². The minimum absolute atomic E-state index is 0.569. The Kier molecular flexibility index (Phi) is 9.36. The molecule has 68 heavy (non-hydrogen) atoms. The molecule has 1 aliphatic carbocycles. The van der Waals surface area contributed by atoms with Gasteiger partial charge in [-0.2, -0.15) is 0 Å². The van der Waals surface area contributed by atoms with Gasteiger partial charge in [0.1, 0.15) is 0 Å². The lowest BCUT2D eigenvalue weighted by molar-refractivity contribution is 0.770. The monoisotopic (exact) mass is 866 g/mol. The van der Waals surface area contributed by atoms with Gasteiger partial charge >= 0.3 is 0 Å². The lowest BCUT2D eigenvalue weighted by atomic mass is 9.66. The number of benzene rings is 10. The summed E-state index contributed by atoms with van der Waals surface area (Å²) in [5.41, 5.74) is 17.7. The van der Waals surface area contributed by atoms with Crippen LogP contribution in [-0.2, 0) is 5.41 Å². The number of hydrogen-bond acceptors (Lipinski definition) is 3. The summed E-state index contributed by atoms with van der Waals surface area (Å²) in [6, 6.07) is 91.5. The summed E-state index contributed by atoms with van der Waals surface area (Å²) in [6.45, 7) is 0. The van der Waals surface area contributed by atoms with Gasteiger partial charge in [0.2, 0.25) is 0 Å². The van der Waals surface area contributed by atoms with Crippen LogP contribution in [0.2, 0.25) is 0 Å². The van der Waals surface area contributed by atoms with E-state index in [9.17, 15) is 0 Å². The van der Waals surface area contributed by atoms with Gasteiger partial charge in [-0.05, 0) is 62.7 Å². The van der Waals surface area contributed by atoms with Crippen LogP contribution in [-0.4, -0.2) is 19.5 Å². The molecule has 0 bridgehead atoms. The summed E-state index contributed by atoms with van der Waals surface area (Å²) in [7, 11) is 0. The van der Waals surface area contributed by atoms with E-state index < -0.39 is 5.41 Å². The molecule has 0 fully saturated rings. The molecule has 0 saturated carbocycles. The second-order valence-corrected chi connectivity index (χ2v) is 17.4. The first-order valence-electron chi connectivity index (χ1n) is 23.2. The van der Waals surface area contributed by atoms with Gasteiger partial charge in [0.05, 0.1) is 22.1 Å². The van der Waals surface area contributed by atoms with E-state index in [0.29, 0.717) is 17.5 Å². The Bertz CT molecular complexity index is 3740. The van der Waals surface area contributed by atoms with Crippen molar-refractivity contribution < 1.29 is 0 Å². The van der Waals surface area contributed by atoms with E-state index >= 15 is 0 Å². The largest absolute Gasteiger partial charge is 0.308 e. The highest BCUT2D eigenvalue weighted by atomic mass is 15.0. The number of aromatic nitrogens is 4. The van der Waals surface area contributed by atoms with Gasteiger partial charge in [-0.25, -0.2) is 15.0 Å². The van der Waals surface area contributed by atoms with Crippen molar-refractivity contribution in [2.75, 3.05) is 0 Å². The molecule has 0 aliphatic heterocycles. The zero-order valence-corrected chi connectivity index (χ0v) is 37.0. The van der Waals surface area contributed by atoms with Gasteiger partial charge in [-0.1, -0.05) is 237 Å². The molecule has 4 nitrogen and oxygen atoms in total. The maximum atomic E-state index is 5.11. The third kappa shape index (κ3) is 6.19. The van der Waals surface area contributed by atoms with Gasteiger partial charge < -0.3 is 4.57 Å². The molecule has 12 aromatic rings. The van der Waals surface area contributed by atoms with Crippen LogP contribution in [0, 0.1) is 0 Å². The topological polar surface area (TPSA) is 43.6 Å². The average molecular weight is 867 g/mol. The molecule has 0 unspecified atom stereocenters. The molecule has 4 heteroatoms. The fourth-order valence-corrected chi connectivity index (χ4v) is 10.9. The number of hydrogen-bond donors (Lipinski definition) is 0. The summed E-state index contributed by atoms with van der Waals surface area (Å²) in [5, 5.41) is 2.38. The SMILES string of the molecule is c1ccc(-c2nc(-c3ccccc3)nc(-c3cccc(-c4cccc5c6ccccc6n(-c6ccccc6-c6cccc7c6C(c6ccccc6)(c6ccccc6)c6ccccc6-7)c45)c3)n2)cc1. The van der Waals surface area contributed by atoms with E-state index in [-0.39, 0.29) is 0 Å². The summed E-state index contributed by atoms with van der Waals surface area (Å²) in [5.74, 6) is 1.90. The van der Waals surface area contributed by atoms with Crippen LogP contribution in [0.3, 0.4) is 0 Å². The quantitative estimate of drug-likeness (QED) is 0.153. The second-order valence-electron chi connectivity index (χ2n) is 17.4. The molecule has 0 atom stereocenters. The molecule has 0 N–H and O–H groups in total. The molecule has 2 heterocycles. The number of nitrogens with zero attached hydrogens (tertiary/aromatic N) is 4. The van der Waals surface area contributed by atoms with Gasteiger partial charge in [0.25, 0.3) is 0 Å². The molecule has 0 radical (unpaired) electrons. The van der Waals surface area contributed by atoms with Crippen molar-refractivity contribution >= 4 is 21.8 Å². The maximum Gasteiger partial charge on any atom is 0.164 e.